The first kappa shape index (κ1) is 22.9. The zero-order chi connectivity index (χ0) is 20.2. The van der Waals surface area contributed by atoms with Gasteiger partial charge < -0.3 is 0 Å². The van der Waals surface area contributed by atoms with Gasteiger partial charge in [-0.3, -0.25) is 4.98 Å². The van der Waals surface area contributed by atoms with Crippen LogP contribution in [-0.2, 0) is 0 Å². The molecule has 1 heterocycles. The maximum Gasteiger partial charge on any atom is 0.0780 e. The topological polar surface area (TPSA) is 12.9 Å². The molecule has 1 aromatic heterocycles. The largest absolute Gasteiger partial charge is 0.256 e. The number of fused-ring (bicyclic) bond motifs is 2. The molecule has 0 spiro atoms. The number of aryl methyl sites for hydroxylation is 1. The lowest BCUT2D eigenvalue weighted by atomic mass is 9.88. The van der Waals surface area contributed by atoms with Gasteiger partial charge in [0.05, 0.1) is 5.69 Å². The molecule has 1 heteroatoms. The lowest BCUT2D eigenvalue weighted by Crippen LogP contribution is -2.00. The Morgan fingerprint density at radius 2 is 1.48 bits per heavy atom. The summed E-state index contributed by atoms with van der Waals surface area (Å²) < 4.78 is 0. The van der Waals surface area contributed by atoms with Crippen LogP contribution in [0.25, 0.3) is 17.7 Å². The molecule has 27 heavy (non-hydrogen) atoms. The molecule has 146 valence electrons. The van der Waals surface area contributed by atoms with Gasteiger partial charge >= 0.3 is 0 Å². The number of nitrogens with zero attached hydrogens (tertiary/aromatic N) is 1. The summed E-state index contributed by atoms with van der Waals surface area (Å²) in [4.78, 5) is 4.76. The molecular formula is C26H37N. The second kappa shape index (κ2) is 12.3. The predicted molar refractivity (Wildman–Crippen MR) is 123 cm³/mol. The minimum atomic E-state index is 1.14. The van der Waals surface area contributed by atoms with Gasteiger partial charge in [0, 0.05) is 17.3 Å². The third kappa shape index (κ3) is 5.66. The van der Waals surface area contributed by atoms with E-state index in [2.05, 4.69) is 57.2 Å². The highest BCUT2D eigenvalue weighted by Gasteiger charge is 2.19. The zero-order valence-electron chi connectivity index (χ0n) is 18.4. The number of aromatic nitrogens is 1. The van der Waals surface area contributed by atoms with Crippen LogP contribution in [-0.4, -0.2) is 4.98 Å². The first-order chi connectivity index (χ1) is 13.2. The quantitative estimate of drug-likeness (QED) is 0.454. The summed E-state index contributed by atoms with van der Waals surface area (Å²) in [7, 11) is 0. The highest BCUT2D eigenvalue weighted by molar-refractivity contribution is 5.93. The van der Waals surface area contributed by atoms with E-state index in [4.69, 9.17) is 4.98 Å². The van der Waals surface area contributed by atoms with Crippen LogP contribution in [0.15, 0.2) is 42.1 Å². The molecule has 0 fully saturated rings. The van der Waals surface area contributed by atoms with Crippen LogP contribution in [0.1, 0.15) is 95.2 Å². The van der Waals surface area contributed by atoms with Crippen molar-refractivity contribution in [2.75, 3.05) is 0 Å². The monoisotopic (exact) mass is 363 g/mol. The van der Waals surface area contributed by atoms with Crippen molar-refractivity contribution in [3.05, 3.63) is 70.0 Å². The van der Waals surface area contributed by atoms with E-state index in [1.54, 1.807) is 5.57 Å². The number of allylic oxidation sites excluding steroid dienone is 1. The van der Waals surface area contributed by atoms with Gasteiger partial charge in [-0.1, -0.05) is 102 Å². The molecule has 2 aromatic rings. The van der Waals surface area contributed by atoms with Crippen LogP contribution in [0.3, 0.4) is 0 Å². The summed E-state index contributed by atoms with van der Waals surface area (Å²) in [6, 6.07) is 11.0. The van der Waals surface area contributed by atoms with Gasteiger partial charge in [0.1, 0.15) is 0 Å². The lowest BCUT2D eigenvalue weighted by Gasteiger charge is -2.17. The minimum absolute atomic E-state index is 1.14. The molecule has 0 unspecified atom stereocenters. The maximum atomic E-state index is 4.76. The summed E-state index contributed by atoms with van der Waals surface area (Å²) in [5.41, 5.74) is 9.22. The predicted octanol–water partition coefficient (Wildman–Crippen LogP) is 8.33. The van der Waals surface area contributed by atoms with Crippen molar-refractivity contribution in [3.8, 4) is 0 Å². The number of hydrogen-bond donors (Lipinski definition) is 0. The number of hydrogen-bond acceptors (Lipinski definition) is 1. The zero-order valence-corrected chi connectivity index (χ0v) is 18.4. The second-order valence-electron chi connectivity index (χ2n) is 6.34. The third-order valence-electron chi connectivity index (χ3n) is 4.45. The number of pyridine rings is 1. The molecule has 1 aromatic carbocycles. The standard InChI is InChI=1S/C22H25N.2C2H6/c1-4-7-17(8-5-2)21-20-13-10-16(3)15-19(20)12-11-18-9-6-14-23-22(18)21;2*1-2/h6,9-15H,4-5,7-8H2,1-3H3;2*1-2H3. The Hall–Kier alpha value is -2.15. The van der Waals surface area contributed by atoms with Crippen LogP contribution in [0.4, 0.5) is 0 Å². The molecule has 0 saturated heterocycles. The lowest BCUT2D eigenvalue weighted by molar-refractivity contribution is 0.805. The van der Waals surface area contributed by atoms with Crippen LogP contribution in [0.2, 0.25) is 0 Å². The summed E-state index contributed by atoms with van der Waals surface area (Å²) in [6.07, 6.45) is 11.0. The van der Waals surface area contributed by atoms with Gasteiger partial charge in [0.15, 0.2) is 0 Å². The van der Waals surface area contributed by atoms with Crippen molar-refractivity contribution in [2.45, 2.75) is 74.1 Å². The van der Waals surface area contributed by atoms with E-state index >= 15 is 0 Å². The van der Waals surface area contributed by atoms with Gasteiger partial charge in [0.25, 0.3) is 0 Å². The van der Waals surface area contributed by atoms with E-state index < -0.39 is 0 Å². The molecule has 1 aliphatic rings. The Kier molecular flexibility index (Phi) is 10.4. The van der Waals surface area contributed by atoms with Crippen LogP contribution in [0, 0.1) is 6.92 Å². The molecule has 1 aliphatic carbocycles. The van der Waals surface area contributed by atoms with Crippen molar-refractivity contribution >= 4 is 17.7 Å². The Morgan fingerprint density at radius 3 is 2.11 bits per heavy atom. The smallest absolute Gasteiger partial charge is 0.0780 e. The first-order valence-corrected chi connectivity index (χ1v) is 10.7. The van der Waals surface area contributed by atoms with Crippen LogP contribution < -0.4 is 0 Å². The number of rotatable bonds is 4. The fourth-order valence-corrected chi connectivity index (χ4v) is 3.45. The first-order valence-electron chi connectivity index (χ1n) is 10.7. The highest BCUT2D eigenvalue weighted by Crippen LogP contribution is 2.37. The van der Waals surface area contributed by atoms with Crippen molar-refractivity contribution in [2.24, 2.45) is 0 Å². The SMILES string of the molecule is CC.CC.CCCC(CCC)=C1c2ccc(C)cc2C=Cc2cccnc21. The Bertz CT molecular complexity index is 758. The molecule has 0 bridgehead atoms. The van der Waals surface area contributed by atoms with Crippen molar-refractivity contribution in [3.63, 3.8) is 0 Å². The van der Waals surface area contributed by atoms with Crippen molar-refractivity contribution in [1.29, 1.82) is 0 Å². The molecule has 0 radical (unpaired) electrons. The van der Waals surface area contributed by atoms with E-state index in [0.717, 1.165) is 18.5 Å². The summed E-state index contributed by atoms with van der Waals surface area (Å²) in [5.74, 6) is 0. The van der Waals surface area contributed by atoms with E-state index in [0.29, 0.717) is 0 Å². The van der Waals surface area contributed by atoms with Gasteiger partial charge in [-0.15, -0.1) is 0 Å². The fraction of sp³-hybridized carbons (Fsp3) is 0.423. The average Bonchev–Trinajstić information content (AvgIpc) is 2.87. The van der Waals surface area contributed by atoms with E-state index in [9.17, 15) is 0 Å². The van der Waals surface area contributed by atoms with Gasteiger partial charge in [-0.2, -0.15) is 0 Å². The van der Waals surface area contributed by atoms with E-state index in [-0.39, 0.29) is 0 Å². The van der Waals surface area contributed by atoms with Gasteiger partial charge in [-0.25, -0.2) is 0 Å². The molecular weight excluding hydrogens is 326 g/mol. The Labute approximate surface area is 167 Å². The Balaban J connectivity index is 0.000000855. The van der Waals surface area contributed by atoms with Gasteiger partial charge in [-0.05, 0) is 37.0 Å². The summed E-state index contributed by atoms with van der Waals surface area (Å²) in [6.45, 7) is 14.7. The third-order valence-corrected chi connectivity index (χ3v) is 4.45. The normalized spacial score (nSPS) is 11.1. The maximum absolute atomic E-state index is 4.76. The molecule has 3 rings (SSSR count). The fourth-order valence-electron chi connectivity index (χ4n) is 3.45. The van der Waals surface area contributed by atoms with Crippen molar-refractivity contribution in [1.82, 2.24) is 4.98 Å². The second-order valence-corrected chi connectivity index (χ2v) is 6.34. The van der Waals surface area contributed by atoms with E-state index in [1.165, 1.54) is 40.7 Å². The average molecular weight is 364 g/mol. The molecule has 0 atom stereocenters. The highest BCUT2D eigenvalue weighted by atomic mass is 14.7. The molecule has 0 aliphatic heterocycles. The summed E-state index contributed by atoms with van der Waals surface area (Å²) in [5, 5.41) is 0. The Morgan fingerprint density at radius 1 is 0.852 bits per heavy atom. The van der Waals surface area contributed by atoms with Crippen molar-refractivity contribution < 1.29 is 0 Å². The molecule has 0 saturated carbocycles. The molecule has 0 amide bonds. The van der Waals surface area contributed by atoms with Crippen LogP contribution >= 0.6 is 0 Å². The number of benzene rings is 1. The molecule has 0 N–H and O–H groups in total. The summed E-state index contributed by atoms with van der Waals surface area (Å²) >= 11 is 0. The van der Waals surface area contributed by atoms with Crippen LogP contribution in [0.5, 0.6) is 0 Å². The van der Waals surface area contributed by atoms with Gasteiger partial charge in [0.2, 0.25) is 0 Å². The minimum Gasteiger partial charge on any atom is -0.256 e. The van der Waals surface area contributed by atoms with E-state index in [1.807, 2.05) is 40.0 Å². The molecule has 1 nitrogen and oxygen atoms in total.